The summed E-state index contributed by atoms with van der Waals surface area (Å²) in [7, 11) is 1.82. The number of benzene rings is 1. The van der Waals surface area contributed by atoms with Crippen molar-refractivity contribution in [3.05, 3.63) is 35.9 Å². The normalized spacial score (nSPS) is 13.4. The summed E-state index contributed by atoms with van der Waals surface area (Å²) in [5.74, 6) is -0.0388. The van der Waals surface area contributed by atoms with Crippen LogP contribution in [0.4, 0.5) is 0 Å². The van der Waals surface area contributed by atoms with E-state index in [-0.39, 0.29) is 18.5 Å². The average molecular weight is 264 g/mol. The first-order valence-electron chi connectivity index (χ1n) is 6.53. The number of amides is 1. The van der Waals surface area contributed by atoms with Crippen molar-refractivity contribution in [1.82, 2.24) is 10.2 Å². The Bertz CT molecular complexity index is 398. The Morgan fingerprint density at radius 1 is 1.37 bits per heavy atom. The summed E-state index contributed by atoms with van der Waals surface area (Å²) >= 11 is 0. The molecule has 2 N–H and O–H groups in total. The predicted molar refractivity (Wildman–Crippen MR) is 76.8 cm³/mol. The minimum absolute atomic E-state index is 0.00997. The molecule has 4 nitrogen and oxygen atoms in total. The highest BCUT2D eigenvalue weighted by molar-refractivity contribution is 5.78. The quantitative estimate of drug-likeness (QED) is 0.820. The van der Waals surface area contributed by atoms with Crippen LogP contribution < -0.4 is 5.32 Å². The van der Waals surface area contributed by atoms with Gasteiger partial charge in [0.1, 0.15) is 0 Å². The molecule has 0 aliphatic rings. The van der Waals surface area contributed by atoms with E-state index < -0.39 is 5.60 Å². The third kappa shape index (κ3) is 6.36. The van der Waals surface area contributed by atoms with Crippen LogP contribution in [0.2, 0.25) is 0 Å². The maximum absolute atomic E-state index is 11.9. The summed E-state index contributed by atoms with van der Waals surface area (Å²) in [5.41, 5.74) is 0.293. The SMILES string of the molecule is C[C@@H](NC(=O)CN(C)CC(C)(C)O)c1ccccc1. The molecule has 0 aliphatic heterocycles. The molecule has 0 heterocycles. The highest BCUT2D eigenvalue weighted by atomic mass is 16.3. The molecule has 0 aliphatic carbocycles. The number of hydrogen-bond donors (Lipinski definition) is 2. The van der Waals surface area contributed by atoms with Gasteiger partial charge in [-0.15, -0.1) is 0 Å². The van der Waals surface area contributed by atoms with Crippen LogP contribution in [0.15, 0.2) is 30.3 Å². The molecule has 1 atom stereocenters. The topological polar surface area (TPSA) is 52.6 Å². The molecule has 0 fully saturated rings. The number of carbonyl (C=O) groups is 1. The number of rotatable bonds is 6. The van der Waals surface area contributed by atoms with Crippen molar-refractivity contribution in [2.24, 2.45) is 0 Å². The van der Waals surface area contributed by atoms with Gasteiger partial charge in [0.25, 0.3) is 0 Å². The van der Waals surface area contributed by atoms with Crippen LogP contribution in [-0.4, -0.2) is 41.7 Å². The van der Waals surface area contributed by atoms with E-state index in [4.69, 9.17) is 0 Å². The molecule has 1 amide bonds. The van der Waals surface area contributed by atoms with E-state index in [0.717, 1.165) is 5.56 Å². The van der Waals surface area contributed by atoms with Gasteiger partial charge in [-0.25, -0.2) is 0 Å². The van der Waals surface area contributed by atoms with Crippen molar-refractivity contribution < 1.29 is 9.90 Å². The Morgan fingerprint density at radius 3 is 2.47 bits per heavy atom. The van der Waals surface area contributed by atoms with Gasteiger partial charge < -0.3 is 10.4 Å². The number of nitrogens with one attached hydrogen (secondary N) is 1. The van der Waals surface area contributed by atoms with Crippen molar-refractivity contribution in [3.8, 4) is 0 Å². The van der Waals surface area contributed by atoms with Gasteiger partial charge in [-0.1, -0.05) is 30.3 Å². The maximum atomic E-state index is 11.9. The van der Waals surface area contributed by atoms with E-state index in [2.05, 4.69) is 5.32 Å². The summed E-state index contributed by atoms with van der Waals surface area (Å²) in [6.45, 7) is 6.16. The first-order valence-corrected chi connectivity index (χ1v) is 6.53. The van der Waals surface area contributed by atoms with E-state index in [1.807, 2.05) is 49.2 Å². The number of carbonyl (C=O) groups excluding carboxylic acids is 1. The Morgan fingerprint density at radius 2 is 1.95 bits per heavy atom. The Kier molecular flexibility index (Phi) is 5.51. The van der Waals surface area contributed by atoms with Gasteiger partial charge >= 0.3 is 0 Å². The second-order valence-corrected chi connectivity index (χ2v) is 5.68. The molecule has 0 saturated carbocycles. The van der Waals surface area contributed by atoms with Crippen LogP contribution in [0.3, 0.4) is 0 Å². The Hall–Kier alpha value is -1.39. The van der Waals surface area contributed by atoms with Gasteiger partial charge in [-0.2, -0.15) is 0 Å². The van der Waals surface area contributed by atoms with E-state index in [1.54, 1.807) is 13.8 Å². The molecule has 4 heteroatoms. The zero-order chi connectivity index (χ0) is 14.5. The second kappa shape index (κ2) is 6.68. The zero-order valence-electron chi connectivity index (χ0n) is 12.2. The van der Waals surface area contributed by atoms with Gasteiger partial charge in [0, 0.05) is 6.54 Å². The third-order valence-corrected chi connectivity index (χ3v) is 2.75. The summed E-state index contributed by atoms with van der Waals surface area (Å²) in [5, 5.41) is 12.6. The van der Waals surface area contributed by atoms with Crippen molar-refractivity contribution in [2.75, 3.05) is 20.1 Å². The van der Waals surface area contributed by atoms with Crippen LogP contribution in [0, 0.1) is 0 Å². The molecule has 1 aromatic rings. The van der Waals surface area contributed by atoms with Crippen molar-refractivity contribution >= 4 is 5.91 Å². The molecule has 0 radical (unpaired) electrons. The molecule has 0 spiro atoms. The lowest BCUT2D eigenvalue weighted by atomic mass is 10.1. The summed E-state index contributed by atoms with van der Waals surface area (Å²) in [4.78, 5) is 13.7. The lowest BCUT2D eigenvalue weighted by Crippen LogP contribution is -2.42. The van der Waals surface area contributed by atoms with E-state index in [9.17, 15) is 9.90 Å². The summed E-state index contributed by atoms with van der Waals surface area (Å²) in [6.07, 6.45) is 0. The van der Waals surface area contributed by atoms with Crippen LogP contribution in [0.5, 0.6) is 0 Å². The lowest BCUT2D eigenvalue weighted by molar-refractivity contribution is -0.123. The van der Waals surface area contributed by atoms with Crippen molar-refractivity contribution in [3.63, 3.8) is 0 Å². The standard InChI is InChI=1S/C15H24N2O2/c1-12(13-8-6-5-7-9-13)16-14(18)10-17(4)11-15(2,3)19/h5-9,12,19H,10-11H2,1-4H3,(H,16,18)/t12-/m1/s1. The van der Waals surface area contributed by atoms with Crippen molar-refractivity contribution in [2.45, 2.75) is 32.4 Å². The van der Waals surface area contributed by atoms with E-state index >= 15 is 0 Å². The van der Waals surface area contributed by atoms with Gasteiger partial charge in [0.15, 0.2) is 0 Å². The summed E-state index contributed by atoms with van der Waals surface area (Å²) < 4.78 is 0. The average Bonchev–Trinajstić information content (AvgIpc) is 2.27. The molecular weight excluding hydrogens is 240 g/mol. The molecule has 0 unspecified atom stereocenters. The monoisotopic (exact) mass is 264 g/mol. The Labute approximate surface area is 115 Å². The lowest BCUT2D eigenvalue weighted by Gasteiger charge is -2.25. The van der Waals surface area contributed by atoms with Crippen LogP contribution in [0.25, 0.3) is 0 Å². The minimum atomic E-state index is -0.792. The second-order valence-electron chi connectivity index (χ2n) is 5.68. The van der Waals surface area contributed by atoms with Gasteiger partial charge in [-0.05, 0) is 33.4 Å². The minimum Gasteiger partial charge on any atom is -0.389 e. The number of aliphatic hydroxyl groups is 1. The molecule has 0 saturated heterocycles. The fourth-order valence-corrected chi connectivity index (χ4v) is 2.07. The number of likely N-dealkylation sites (N-methyl/N-ethyl adjacent to an activating group) is 1. The van der Waals surface area contributed by atoms with Crippen LogP contribution >= 0.6 is 0 Å². The maximum Gasteiger partial charge on any atom is 0.234 e. The fourth-order valence-electron chi connectivity index (χ4n) is 2.07. The van der Waals surface area contributed by atoms with E-state index in [0.29, 0.717) is 6.54 Å². The Balaban J connectivity index is 2.43. The van der Waals surface area contributed by atoms with Gasteiger partial charge in [0.05, 0.1) is 18.2 Å². The largest absolute Gasteiger partial charge is 0.389 e. The molecule has 106 valence electrons. The highest BCUT2D eigenvalue weighted by Crippen LogP contribution is 2.11. The molecule has 0 bridgehead atoms. The molecule has 1 aromatic carbocycles. The predicted octanol–water partition coefficient (Wildman–Crippen LogP) is 1.57. The molecule has 0 aromatic heterocycles. The number of hydrogen-bond acceptors (Lipinski definition) is 3. The van der Waals surface area contributed by atoms with Crippen molar-refractivity contribution in [1.29, 1.82) is 0 Å². The number of nitrogens with zero attached hydrogens (tertiary/aromatic N) is 1. The molecule has 19 heavy (non-hydrogen) atoms. The van der Waals surface area contributed by atoms with Gasteiger partial charge in [0.2, 0.25) is 5.91 Å². The highest BCUT2D eigenvalue weighted by Gasteiger charge is 2.18. The van der Waals surface area contributed by atoms with Gasteiger partial charge in [-0.3, -0.25) is 9.69 Å². The van der Waals surface area contributed by atoms with E-state index in [1.165, 1.54) is 0 Å². The first-order chi connectivity index (χ1) is 8.78. The smallest absolute Gasteiger partial charge is 0.234 e. The molecular formula is C15H24N2O2. The first kappa shape index (κ1) is 15.7. The third-order valence-electron chi connectivity index (χ3n) is 2.75. The van der Waals surface area contributed by atoms with Crippen LogP contribution in [0.1, 0.15) is 32.4 Å². The molecule has 1 rings (SSSR count). The zero-order valence-corrected chi connectivity index (χ0v) is 12.2. The summed E-state index contributed by atoms with van der Waals surface area (Å²) in [6, 6.07) is 9.84. The van der Waals surface area contributed by atoms with Crippen LogP contribution in [-0.2, 0) is 4.79 Å². The fraction of sp³-hybridized carbons (Fsp3) is 0.533.